The largest absolute Gasteiger partial charge is 0.348 e. The van der Waals surface area contributed by atoms with Crippen molar-refractivity contribution in [2.24, 2.45) is 0 Å². The monoisotopic (exact) mass is 236 g/mol. The first-order chi connectivity index (χ1) is 8.00. The van der Waals surface area contributed by atoms with Crippen LogP contribution in [0.5, 0.6) is 0 Å². The van der Waals surface area contributed by atoms with Gasteiger partial charge in [-0.1, -0.05) is 13.8 Å². The van der Waals surface area contributed by atoms with Crippen LogP contribution >= 0.6 is 0 Å². The molecule has 0 radical (unpaired) electrons. The number of likely N-dealkylation sites (N-methyl/N-ethyl adjacent to an activating group) is 1. The fourth-order valence-corrected chi connectivity index (χ4v) is 1.28. The van der Waals surface area contributed by atoms with Crippen LogP contribution in [0, 0.1) is 0 Å². The van der Waals surface area contributed by atoms with Crippen molar-refractivity contribution in [1.82, 2.24) is 20.2 Å². The van der Waals surface area contributed by atoms with Gasteiger partial charge in [-0.2, -0.15) is 0 Å². The lowest BCUT2D eigenvalue weighted by Crippen LogP contribution is -2.32. The number of nitrogens with one attached hydrogen (secondary N) is 1. The summed E-state index contributed by atoms with van der Waals surface area (Å²) in [6.07, 6.45) is 1.63. The first-order valence-electron chi connectivity index (χ1n) is 5.76. The SMILES string of the molecule is CC(C)c1ccnc(C(=O)NCCN(C)C)n1. The zero-order chi connectivity index (χ0) is 12.8. The lowest BCUT2D eigenvalue weighted by Gasteiger charge is -2.10. The molecule has 0 aliphatic heterocycles. The van der Waals surface area contributed by atoms with Crippen LogP contribution in [-0.2, 0) is 0 Å². The molecule has 1 aromatic heterocycles. The molecule has 1 rings (SSSR count). The van der Waals surface area contributed by atoms with Crippen molar-refractivity contribution in [2.75, 3.05) is 27.2 Å². The van der Waals surface area contributed by atoms with Gasteiger partial charge in [0.25, 0.3) is 5.91 Å². The maximum Gasteiger partial charge on any atom is 0.289 e. The van der Waals surface area contributed by atoms with Crippen LogP contribution in [0.2, 0.25) is 0 Å². The number of carbonyl (C=O) groups is 1. The van der Waals surface area contributed by atoms with Crippen molar-refractivity contribution in [3.8, 4) is 0 Å². The lowest BCUT2D eigenvalue weighted by atomic mass is 10.1. The summed E-state index contributed by atoms with van der Waals surface area (Å²) in [4.78, 5) is 22.0. The molecule has 5 heteroatoms. The number of amides is 1. The lowest BCUT2D eigenvalue weighted by molar-refractivity contribution is 0.0940. The van der Waals surface area contributed by atoms with E-state index < -0.39 is 0 Å². The van der Waals surface area contributed by atoms with Gasteiger partial charge in [0.15, 0.2) is 0 Å². The topological polar surface area (TPSA) is 58.1 Å². The fourth-order valence-electron chi connectivity index (χ4n) is 1.28. The van der Waals surface area contributed by atoms with Crippen LogP contribution in [-0.4, -0.2) is 48.0 Å². The first kappa shape index (κ1) is 13.6. The van der Waals surface area contributed by atoms with Gasteiger partial charge in [-0.25, -0.2) is 9.97 Å². The van der Waals surface area contributed by atoms with Crippen LogP contribution in [0.1, 0.15) is 36.1 Å². The summed E-state index contributed by atoms with van der Waals surface area (Å²) in [6, 6.07) is 1.83. The first-order valence-corrected chi connectivity index (χ1v) is 5.76. The smallest absolute Gasteiger partial charge is 0.289 e. The Labute approximate surface area is 102 Å². The van der Waals surface area contributed by atoms with Gasteiger partial charge in [-0.3, -0.25) is 4.79 Å². The van der Waals surface area contributed by atoms with E-state index in [1.54, 1.807) is 6.20 Å². The van der Waals surface area contributed by atoms with Crippen LogP contribution in [0.15, 0.2) is 12.3 Å². The summed E-state index contributed by atoms with van der Waals surface area (Å²) < 4.78 is 0. The third-order valence-electron chi connectivity index (χ3n) is 2.32. The van der Waals surface area contributed by atoms with Crippen molar-refractivity contribution < 1.29 is 4.79 Å². The molecule has 0 atom stereocenters. The van der Waals surface area contributed by atoms with E-state index in [0.29, 0.717) is 12.5 Å². The quantitative estimate of drug-likeness (QED) is 0.825. The second-order valence-electron chi connectivity index (χ2n) is 4.52. The molecule has 0 aliphatic rings. The van der Waals surface area contributed by atoms with E-state index in [2.05, 4.69) is 15.3 Å². The molecule has 1 N–H and O–H groups in total. The highest BCUT2D eigenvalue weighted by atomic mass is 16.2. The van der Waals surface area contributed by atoms with E-state index in [1.165, 1.54) is 0 Å². The van der Waals surface area contributed by atoms with E-state index in [9.17, 15) is 4.79 Å². The Bertz CT molecular complexity index is 377. The Balaban J connectivity index is 2.59. The van der Waals surface area contributed by atoms with Crippen LogP contribution < -0.4 is 5.32 Å². The van der Waals surface area contributed by atoms with Crippen LogP contribution in [0.25, 0.3) is 0 Å². The predicted molar refractivity (Wildman–Crippen MR) is 67.0 cm³/mol. The number of carbonyl (C=O) groups excluding carboxylic acids is 1. The zero-order valence-corrected chi connectivity index (χ0v) is 10.9. The Morgan fingerprint density at radius 2 is 2.18 bits per heavy atom. The summed E-state index contributed by atoms with van der Waals surface area (Å²) in [5, 5.41) is 2.79. The maximum absolute atomic E-state index is 11.7. The van der Waals surface area contributed by atoms with E-state index in [-0.39, 0.29) is 11.7 Å². The minimum absolute atomic E-state index is 0.214. The average Bonchev–Trinajstić information content (AvgIpc) is 2.28. The van der Waals surface area contributed by atoms with Crippen molar-refractivity contribution >= 4 is 5.91 Å². The van der Waals surface area contributed by atoms with Gasteiger partial charge in [-0.15, -0.1) is 0 Å². The highest BCUT2D eigenvalue weighted by Crippen LogP contribution is 2.09. The van der Waals surface area contributed by atoms with E-state index in [4.69, 9.17) is 0 Å². The van der Waals surface area contributed by atoms with E-state index in [1.807, 2.05) is 38.9 Å². The molecule has 0 spiro atoms. The number of rotatable bonds is 5. The molecule has 0 fully saturated rings. The molecule has 17 heavy (non-hydrogen) atoms. The molecule has 1 aromatic rings. The highest BCUT2D eigenvalue weighted by Gasteiger charge is 2.10. The van der Waals surface area contributed by atoms with Crippen molar-refractivity contribution in [3.63, 3.8) is 0 Å². The second kappa shape index (κ2) is 6.30. The van der Waals surface area contributed by atoms with Crippen molar-refractivity contribution in [2.45, 2.75) is 19.8 Å². The molecule has 0 bridgehead atoms. The molecule has 0 unspecified atom stereocenters. The van der Waals surface area contributed by atoms with Gasteiger partial charge in [0.1, 0.15) is 0 Å². The van der Waals surface area contributed by atoms with Gasteiger partial charge >= 0.3 is 0 Å². The van der Waals surface area contributed by atoms with E-state index in [0.717, 1.165) is 12.2 Å². The van der Waals surface area contributed by atoms with Gasteiger partial charge in [-0.05, 0) is 26.1 Å². The van der Waals surface area contributed by atoms with Gasteiger partial charge in [0.2, 0.25) is 5.82 Å². The molecule has 5 nitrogen and oxygen atoms in total. The summed E-state index contributed by atoms with van der Waals surface area (Å²) in [6.45, 7) is 5.48. The summed E-state index contributed by atoms with van der Waals surface area (Å²) in [5.41, 5.74) is 0.887. The highest BCUT2D eigenvalue weighted by molar-refractivity contribution is 5.90. The molecule has 0 aromatic carbocycles. The normalized spacial score (nSPS) is 10.9. The molecule has 1 heterocycles. The number of hydrogen-bond acceptors (Lipinski definition) is 4. The number of hydrogen-bond donors (Lipinski definition) is 1. The molecular weight excluding hydrogens is 216 g/mol. The summed E-state index contributed by atoms with van der Waals surface area (Å²) in [5.74, 6) is 0.329. The molecule has 1 amide bonds. The van der Waals surface area contributed by atoms with Gasteiger partial charge in [0.05, 0.1) is 0 Å². The average molecular weight is 236 g/mol. The molecular formula is C12H20N4O. The molecule has 0 aliphatic carbocycles. The summed E-state index contributed by atoms with van der Waals surface area (Å²) >= 11 is 0. The van der Waals surface area contributed by atoms with Gasteiger partial charge < -0.3 is 10.2 Å². The third kappa shape index (κ3) is 4.48. The van der Waals surface area contributed by atoms with E-state index >= 15 is 0 Å². The van der Waals surface area contributed by atoms with Crippen LogP contribution in [0.4, 0.5) is 0 Å². The Morgan fingerprint density at radius 3 is 2.76 bits per heavy atom. The molecule has 94 valence electrons. The second-order valence-corrected chi connectivity index (χ2v) is 4.52. The zero-order valence-electron chi connectivity index (χ0n) is 10.9. The van der Waals surface area contributed by atoms with Crippen LogP contribution in [0.3, 0.4) is 0 Å². The fraction of sp³-hybridized carbons (Fsp3) is 0.583. The number of nitrogens with zero attached hydrogens (tertiary/aromatic N) is 3. The van der Waals surface area contributed by atoms with Crippen molar-refractivity contribution in [1.29, 1.82) is 0 Å². The van der Waals surface area contributed by atoms with Gasteiger partial charge in [0, 0.05) is 25.0 Å². The Morgan fingerprint density at radius 1 is 1.47 bits per heavy atom. The minimum Gasteiger partial charge on any atom is -0.348 e. The molecule has 0 saturated carbocycles. The third-order valence-corrected chi connectivity index (χ3v) is 2.32. The van der Waals surface area contributed by atoms with Crippen molar-refractivity contribution in [3.05, 3.63) is 23.8 Å². The minimum atomic E-state index is -0.214. The number of aromatic nitrogens is 2. The maximum atomic E-state index is 11.7. The Kier molecular flexibility index (Phi) is 5.03. The Hall–Kier alpha value is -1.49. The predicted octanol–water partition coefficient (Wildman–Crippen LogP) is 0.891. The summed E-state index contributed by atoms with van der Waals surface area (Å²) in [7, 11) is 3.92. The standard InChI is InChI=1S/C12H20N4O/c1-9(2)10-5-6-13-11(15-10)12(17)14-7-8-16(3)4/h5-6,9H,7-8H2,1-4H3,(H,14,17). The molecule has 0 saturated heterocycles.